The number of anilines is 3. The minimum absolute atomic E-state index is 0.0389. The first-order chi connectivity index (χ1) is 13.0. The Kier molecular flexibility index (Phi) is 4.36. The number of rotatable bonds is 5. The number of nitrogens with one attached hydrogen (secondary N) is 1. The molecule has 0 unspecified atom stereocenters. The smallest absolute Gasteiger partial charge is 0.270 e. The van der Waals surface area contributed by atoms with Crippen LogP contribution in [-0.4, -0.2) is 29.5 Å². The standard InChI is InChI=1S/C18H16N4O4S/c1-26-15-7-4-11(9-14(15)21-8-2-3-17(21)23)19-18-20-13-6-5-12(22(24)25)10-16(13)27-18/h4-7,9-10H,2-3,8H2,1H3,(H,19,20). The molecule has 4 rings (SSSR count). The van der Waals surface area contributed by atoms with Crippen LogP contribution in [0.2, 0.25) is 0 Å². The van der Waals surface area contributed by atoms with Gasteiger partial charge in [-0.2, -0.15) is 0 Å². The molecule has 8 nitrogen and oxygen atoms in total. The van der Waals surface area contributed by atoms with Crippen molar-refractivity contribution in [2.45, 2.75) is 12.8 Å². The third kappa shape index (κ3) is 3.28. The van der Waals surface area contributed by atoms with Crippen molar-refractivity contribution in [1.29, 1.82) is 0 Å². The highest BCUT2D eigenvalue weighted by Crippen LogP contribution is 2.36. The van der Waals surface area contributed by atoms with Gasteiger partial charge in [0.2, 0.25) is 5.91 Å². The fourth-order valence-corrected chi connectivity index (χ4v) is 4.00. The normalized spacial score (nSPS) is 14.0. The number of nitro groups is 1. The maximum absolute atomic E-state index is 12.1. The maximum Gasteiger partial charge on any atom is 0.270 e. The van der Waals surface area contributed by atoms with Crippen LogP contribution in [0.5, 0.6) is 5.75 Å². The number of hydrogen-bond acceptors (Lipinski definition) is 7. The van der Waals surface area contributed by atoms with Gasteiger partial charge >= 0.3 is 0 Å². The van der Waals surface area contributed by atoms with Crippen molar-refractivity contribution in [2.75, 3.05) is 23.9 Å². The molecule has 0 aliphatic carbocycles. The summed E-state index contributed by atoms with van der Waals surface area (Å²) in [6.07, 6.45) is 1.37. The first-order valence-electron chi connectivity index (χ1n) is 8.35. The molecule has 3 aromatic rings. The number of benzene rings is 2. The number of aromatic nitrogens is 1. The Labute approximate surface area is 158 Å². The fraction of sp³-hybridized carbons (Fsp3) is 0.222. The third-order valence-corrected chi connectivity index (χ3v) is 5.31. The van der Waals surface area contributed by atoms with Gasteiger partial charge in [0.05, 0.1) is 27.9 Å². The number of hydrogen-bond donors (Lipinski definition) is 1. The molecule has 0 bridgehead atoms. The molecule has 1 aliphatic heterocycles. The van der Waals surface area contributed by atoms with Gasteiger partial charge in [0.25, 0.3) is 5.69 Å². The highest BCUT2D eigenvalue weighted by Gasteiger charge is 2.24. The van der Waals surface area contributed by atoms with Gasteiger partial charge in [-0.15, -0.1) is 0 Å². The van der Waals surface area contributed by atoms with E-state index in [-0.39, 0.29) is 11.6 Å². The number of carbonyl (C=O) groups is 1. The average Bonchev–Trinajstić information content (AvgIpc) is 3.26. The Hall–Kier alpha value is -3.20. The van der Waals surface area contributed by atoms with E-state index in [2.05, 4.69) is 10.3 Å². The molecule has 138 valence electrons. The second kappa shape index (κ2) is 6.84. The van der Waals surface area contributed by atoms with Gasteiger partial charge in [-0.05, 0) is 30.7 Å². The average molecular weight is 384 g/mol. The van der Waals surface area contributed by atoms with Crippen LogP contribution in [0.3, 0.4) is 0 Å². The summed E-state index contributed by atoms with van der Waals surface area (Å²) in [6, 6.07) is 10.1. The van der Waals surface area contributed by atoms with Crippen molar-refractivity contribution < 1.29 is 14.5 Å². The molecule has 1 N–H and O–H groups in total. The highest BCUT2D eigenvalue weighted by atomic mass is 32.1. The number of carbonyl (C=O) groups excluding carboxylic acids is 1. The van der Waals surface area contributed by atoms with Gasteiger partial charge in [0, 0.05) is 30.8 Å². The quantitative estimate of drug-likeness (QED) is 0.526. The lowest BCUT2D eigenvalue weighted by Crippen LogP contribution is -2.24. The lowest BCUT2D eigenvalue weighted by Gasteiger charge is -2.20. The summed E-state index contributed by atoms with van der Waals surface area (Å²) in [5, 5.41) is 14.8. The molecule has 1 saturated heterocycles. The van der Waals surface area contributed by atoms with Crippen LogP contribution in [0.1, 0.15) is 12.8 Å². The number of non-ortho nitro benzene ring substituents is 1. The molecule has 2 heterocycles. The minimum Gasteiger partial charge on any atom is -0.495 e. The zero-order valence-corrected chi connectivity index (χ0v) is 15.3. The van der Waals surface area contributed by atoms with Crippen LogP contribution >= 0.6 is 11.3 Å². The third-order valence-electron chi connectivity index (χ3n) is 4.38. The zero-order chi connectivity index (χ0) is 19.0. The second-order valence-corrected chi connectivity index (χ2v) is 7.12. The van der Waals surface area contributed by atoms with Crippen molar-refractivity contribution >= 4 is 49.7 Å². The highest BCUT2D eigenvalue weighted by molar-refractivity contribution is 7.22. The van der Waals surface area contributed by atoms with Crippen molar-refractivity contribution in [3.63, 3.8) is 0 Å². The summed E-state index contributed by atoms with van der Waals surface area (Å²) >= 11 is 1.33. The van der Waals surface area contributed by atoms with Crippen LogP contribution in [0.4, 0.5) is 22.2 Å². The molecule has 9 heteroatoms. The van der Waals surface area contributed by atoms with E-state index in [1.807, 2.05) is 12.1 Å². The molecular formula is C18H16N4O4S. The van der Waals surface area contributed by atoms with E-state index < -0.39 is 4.92 Å². The molecule has 1 amide bonds. The SMILES string of the molecule is COc1ccc(Nc2nc3ccc([N+](=O)[O-])cc3s2)cc1N1CCCC1=O. The summed E-state index contributed by atoms with van der Waals surface area (Å²) in [5.41, 5.74) is 2.22. The van der Waals surface area contributed by atoms with E-state index in [4.69, 9.17) is 4.74 Å². The van der Waals surface area contributed by atoms with E-state index in [1.54, 1.807) is 24.1 Å². The molecule has 1 fully saturated rings. The van der Waals surface area contributed by atoms with E-state index in [0.717, 1.165) is 22.5 Å². The van der Waals surface area contributed by atoms with Crippen molar-refractivity contribution in [2.24, 2.45) is 0 Å². The molecular weight excluding hydrogens is 368 g/mol. The second-order valence-electron chi connectivity index (χ2n) is 6.09. The van der Waals surface area contributed by atoms with Crippen molar-refractivity contribution in [1.82, 2.24) is 4.98 Å². The lowest BCUT2D eigenvalue weighted by atomic mass is 10.2. The largest absolute Gasteiger partial charge is 0.495 e. The molecule has 0 saturated carbocycles. The van der Waals surface area contributed by atoms with Crippen LogP contribution in [-0.2, 0) is 4.79 Å². The topological polar surface area (TPSA) is 97.6 Å². The molecule has 2 aromatic carbocycles. The number of ether oxygens (including phenoxy) is 1. The minimum atomic E-state index is -0.422. The summed E-state index contributed by atoms with van der Waals surface area (Å²) in [4.78, 5) is 28.8. The van der Waals surface area contributed by atoms with E-state index in [1.165, 1.54) is 23.5 Å². The predicted molar refractivity (Wildman–Crippen MR) is 104 cm³/mol. The van der Waals surface area contributed by atoms with Crippen LogP contribution < -0.4 is 15.0 Å². The van der Waals surface area contributed by atoms with Crippen LogP contribution in [0.15, 0.2) is 36.4 Å². The van der Waals surface area contributed by atoms with Gasteiger partial charge in [0.15, 0.2) is 5.13 Å². The molecule has 0 atom stereocenters. The summed E-state index contributed by atoms with van der Waals surface area (Å²) in [6.45, 7) is 0.670. The van der Waals surface area contributed by atoms with Crippen molar-refractivity contribution in [3.8, 4) is 5.75 Å². The first-order valence-corrected chi connectivity index (χ1v) is 9.17. The number of methoxy groups -OCH3 is 1. The Bertz CT molecular complexity index is 1050. The number of fused-ring (bicyclic) bond motifs is 1. The van der Waals surface area contributed by atoms with Gasteiger partial charge in [-0.3, -0.25) is 14.9 Å². The van der Waals surface area contributed by atoms with Crippen molar-refractivity contribution in [3.05, 3.63) is 46.5 Å². The molecule has 0 spiro atoms. The van der Waals surface area contributed by atoms with Gasteiger partial charge in [-0.1, -0.05) is 11.3 Å². The molecule has 1 aliphatic rings. The zero-order valence-electron chi connectivity index (χ0n) is 14.5. The number of thiazole rings is 1. The van der Waals surface area contributed by atoms with Gasteiger partial charge in [-0.25, -0.2) is 4.98 Å². The monoisotopic (exact) mass is 384 g/mol. The molecule has 0 radical (unpaired) electrons. The number of nitrogens with zero attached hydrogens (tertiary/aromatic N) is 3. The summed E-state index contributed by atoms with van der Waals surface area (Å²) in [5.74, 6) is 0.716. The Morgan fingerprint density at radius 1 is 1.30 bits per heavy atom. The lowest BCUT2D eigenvalue weighted by molar-refractivity contribution is -0.384. The van der Waals surface area contributed by atoms with E-state index in [0.29, 0.717) is 29.4 Å². The van der Waals surface area contributed by atoms with E-state index in [9.17, 15) is 14.9 Å². The Morgan fingerprint density at radius 2 is 2.15 bits per heavy atom. The first kappa shape index (κ1) is 17.2. The Morgan fingerprint density at radius 3 is 2.85 bits per heavy atom. The summed E-state index contributed by atoms with van der Waals surface area (Å²) in [7, 11) is 1.58. The Balaban J connectivity index is 1.65. The number of nitro benzene ring substituents is 1. The van der Waals surface area contributed by atoms with Crippen LogP contribution in [0.25, 0.3) is 10.2 Å². The van der Waals surface area contributed by atoms with E-state index >= 15 is 0 Å². The fourth-order valence-electron chi connectivity index (χ4n) is 3.09. The molecule has 27 heavy (non-hydrogen) atoms. The predicted octanol–water partition coefficient (Wildman–Crippen LogP) is 4.08. The molecule has 1 aromatic heterocycles. The summed E-state index contributed by atoms with van der Waals surface area (Å²) < 4.78 is 6.13. The van der Waals surface area contributed by atoms with Gasteiger partial charge < -0.3 is 15.0 Å². The maximum atomic E-state index is 12.1. The van der Waals surface area contributed by atoms with Gasteiger partial charge in [0.1, 0.15) is 5.75 Å². The van der Waals surface area contributed by atoms with Crippen LogP contribution in [0, 0.1) is 10.1 Å². The number of amides is 1.